The van der Waals surface area contributed by atoms with Crippen LogP contribution >= 0.6 is 23.6 Å². The lowest BCUT2D eigenvalue weighted by atomic mass is 10.0. The van der Waals surface area contributed by atoms with Crippen LogP contribution in [0.15, 0.2) is 35.7 Å². The van der Waals surface area contributed by atoms with E-state index in [2.05, 4.69) is 28.6 Å². The summed E-state index contributed by atoms with van der Waals surface area (Å²) in [6.07, 6.45) is 1.07. The maximum Gasteiger partial charge on any atom is 0.173 e. The van der Waals surface area contributed by atoms with Crippen LogP contribution in [0.25, 0.3) is 0 Å². The van der Waals surface area contributed by atoms with Gasteiger partial charge in [-0.1, -0.05) is 6.07 Å². The highest BCUT2D eigenvalue weighted by atomic mass is 32.1. The molecule has 1 atom stereocenters. The monoisotopic (exact) mass is 318 g/mol. The summed E-state index contributed by atoms with van der Waals surface area (Å²) in [5.74, 6) is 0.828. The molecule has 2 heterocycles. The van der Waals surface area contributed by atoms with Crippen LogP contribution in [0.2, 0.25) is 0 Å². The summed E-state index contributed by atoms with van der Waals surface area (Å²) in [4.78, 5) is 3.74. The van der Waals surface area contributed by atoms with Gasteiger partial charge in [0.2, 0.25) is 0 Å². The van der Waals surface area contributed by atoms with Gasteiger partial charge in [-0.3, -0.25) is 0 Å². The first kappa shape index (κ1) is 14.4. The molecule has 0 amide bonds. The van der Waals surface area contributed by atoms with E-state index in [0.29, 0.717) is 6.04 Å². The Balaban J connectivity index is 1.74. The molecule has 1 aliphatic heterocycles. The van der Waals surface area contributed by atoms with E-state index in [1.807, 2.05) is 35.6 Å². The molecule has 1 aromatic carbocycles. The number of methoxy groups -OCH3 is 1. The predicted molar refractivity (Wildman–Crippen MR) is 92.4 cm³/mol. The van der Waals surface area contributed by atoms with E-state index in [9.17, 15) is 0 Å². The number of benzene rings is 1. The minimum atomic E-state index is 0.325. The maximum atomic E-state index is 5.59. The number of thiophene rings is 1. The summed E-state index contributed by atoms with van der Waals surface area (Å²) in [6, 6.07) is 10.4. The Morgan fingerprint density at radius 2 is 2.29 bits per heavy atom. The number of anilines is 1. The molecule has 1 N–H and O–H groups in total. The average molecular weight is 318 g/mol. The summed E-state index contributed by atoms with van der Waals surface area (Å²) in [5.41, 5.74) is 2.36. The van der Waals surface area contributed by atoms with Gasteiger partial charge < -0.3 is 15.0 Å². The van der Waals surface area contributed by atoms with Gasteiger partial charge in [-0.25, -0.2) is 0 Å². The molecular formula is C16H18N2OS2. The van der Waals surface area contributed by atoms with Crippen LogP contribution in [0.4, 0.5) is 5.69 Å². The first-order valence-electron chi connectivity index (χ1n) is 6.97. The Kier molecular flexibility index (Phi) is 4.12. The first-order chi connectivity index (χ1) is 10.2. The van der Waals surface area contributed by atoms with Crippen molar-refractivity contribution in [3.05, 3.63) is 46.2 Å². The molecule has 0 radical (unpaired) electrons. The molecule has 0 saturated heterocycles. The highest BCUT2D eigenvalue weighted by Crippen LogP contribution is 2.33. The number of hydrogen-bond donors (Lipinski definition) is 1. The van der Waals surface area contributed by atoms with Gasteiger partial charge in [0.25, 0.3) is 0 Å². The second-order valence-electron chi connectivity index (χ2n) is 5.08. The van der Waals surface area contributed by atoms with E-state index in [1.165, 1.54) is 10.4 Å². The molecule has 0 aliphatic carbocycles. The second-order valence-corrected chi connectivity index (χ2v) is 6.47. The lowest BCUT2D eigenvalue weighted by Gasteiger charge is -2.35. The molecule has 1 aromatic heterocycles. The Bertz CT molecular complexity index is 653. The molecule has 1 aliphatic rings. The number of hydrogen-bond acceptors (Lipinski definition) is 3. The fourth-order valence-corrected chi connectivity index (χ4v) is 4.01. The maximum absolute atomic E-state index is 5.59. The third-order valence-electron chi connectivity index (χ3n) is 3.86. The fourth-order valence-electron chi connectivity index (χ4n) is 2.68. The zero-order valence-electron chi connectivity index (χ0n) is 12.1. The highest BCUT2D eigenvalue weighted by molar-refractivity contribution is 7.80. The van der Waals surface area contributed by atoms with Crippen LogP contribution in [0.3, 0.4) is 0 Å². The van der Waals surface area contributed by atoms with E-state index in [-0.39, 0.29) is 0 Å². The zero-order chi connectivity index (χ0) is 14.8. The standard InChI is InChI=1S/C16H18N2OS2/c1-11-14-7-9-21-15(14)6-8-18(11)16(20)17-12-4-3-5-13(10-12)19-2/h3-5,7,9-11H,6,8H2,1-2H3,(H,17,20)/t11-/m1/s1. The SMILES string of the molecule is COc1cccc(NC(=S)N2CCc3sccc3[C@H]2C)c1. The molecule has 5 heteroatoms. The topological polar surface area (TPSA) is 24.5 Å². The van der Waals surface area contributed by atoms with E-state index in [1.54, 1.807) is 7.11 Å². The van der Waals surface area contributed by atoms with E-state index >= 15 is 0 Å². The quantitative estimate of drug-likeness (QED) is 0.844. The Labute approximate surface area is 134 Å². The molecule has 3 rings (SSSR count). The molecule has 0 bridgehead atoms. The fraction of sp³-hybridized carbons (Fsp3) is 0.312. The molecule has 0 fully saturated rings. The first-order valence-corrected chi connectivity index (χ1v) is 8.26. The summed E-state index contributed by atoms with van der Waals surface area (Å²) in [7, 11) is 1.67. The molecule has 0 spiro atoms. The van der Waals surface area contributed by atoms with Crippen LogP contribution in [-0.4, -0.2) is 23.7 Å². The van der Waals surface area contributed by atoms with E-state index in [0.717, 1.165) is 29.5 Å². The van der Waals surface area contributed by atoms with Crippen LogP contribution in [0.5, 0.6) is 5.75 Å². The Hall–Kier alpha value is -1.59. The normalized spacial score (nSPS) is 17.2. The van der Waals surface area contributed by atoms with Crippen molar-refractivity contribution >= 4 is 34.4 Å². The summed E-state index contributed by atoms with van der Waals surface area (Å²) >= 11 is 7.44. The van der Waals surface area contributed by atoms with Crippen molar-refractivity contribution in [1.29, 1.82) is 0 Å². The minimum absolute atomic E-state index is 0.325. The van der Waals surface area contributed by atoms with Crippen molar-refractivity contribution in [2.45, 2.75) is 19.4 Å². The number of nitrogens with zero attached hydrogens (tertiary/aromatic N) is 1. The lowest BCUT2D eigenvalue weighted by Crippen LogP contribution is -2.40. The van der Waals surface area contributed by atoms with Crippen molar-refractivity contribution in [2.75, 3.05) is 19.0 Å². The van der Waals surface area contributed by atoms with Gasteiger partial charge in [0, 0.05) is 23.2 Å². The molecule has 3 nitrogen and oxygen atoms in total. The Morgan fingerprint density at radius 1 is 1.43 bits per heavy atom. The molecular weight excluding hydrogens is 300 g/mol. The summed E-state index contributed by atoms with van der Waals surface area (Å²) in [5, 5.41) is 6.26. The molecule has 2 aromatic rings. The van der Waals surface area contributed by atoms with Crippen LogP contribution in [0, 0.1) is 0 Å². The number of rotatable bonds is 2. The van der Waals surface area contributed by atoms with Gasteiger partial charge in [-0.05, 0) is 54.7 Å². The van der Waals surface area contributed by atoms with Crippen molar-refractivity contribution < 1.29 is 4.74 Å². The van der Waals surface area contributed by atoms with Crippen LogP contribution in [0.1, 0.15) is 23.4 Å². The minimum Gasteiger partial charge on any atom is -0.497 e. The smallest absolute Gasteiger partial charge is 0.173 e. The number of thiocarbonyl (C=S) groups is 1. The van der Waals surface area contributed by atoms with Crippen LogP contribution in [-0.2, 0) is 6.42 Å². The molecule has 0 saturated carbocycles. The predicted octanol–water partition coefficient (Wildman–Crippen LogP) is 4.07. The second kappa shape index (κ2) is 6.03. The zero-order valence-corrected chi connectivity index (χ0v) is 13.8. The van der Waals surface area contributed by atoms with Gasteiger partial charge in [-0.2, -0.15) is 0 Å². The van der Waals surface area contributed by atoms with Gasteiger partial charge in [0.1, 0.15) is 5.75 Å². The number of fused-ring (bicyclic) bond motifs is 1. The lowest BCUT2D eigenvalue weighted by molar-refractivity contribution is 0.326. The third-order valence-corrected chi connectivity index (χ3v) is 5.19. The van der Waals surface area contributed by atoms with Crippen molar-refractivity contribution in [3.8, 4) is 5.75 Å². The largest absolute Gasteiger partial charge is 0.497 e. The molecule has 0 unspecified atom stereocenters. The number of ether oxygens (including phenoxy) is 1. The van der Waals surface area contributed by atoms with Crippen LogP contribution < -0.4 is 10.1 Å². The summed E-state index contributed by atoms with van der Waals surface area (Å²) in [6.45, 7) is 3.18. The van der Waals surface area contributed by atoms with Gasteiger partial charge in [-0.15, -0.1) is 11.3 Å². The average Bonchev–Trinajstić information content (AvgIpc) is 2.97. The summed E-state index contributed by atoms with van der Waals surface area (Å²) < 4.78 is 5.24. The van der Waals surface area contributed by atoms with E-state index in [4.69, 9.17) is 17.0 Å². The molecule has 110 valence electrons. The highest BCUT2D eigenvalue weighted by Gasteiger charge is 2.26. The van der Waals surface area contributed by atoms with Crippen molar-refractivity contribution in [3.63, 3.8) is 0 Å². The van der Waals surface area contributed by atoms with E-state index < -0.39 is 0 Å². The third kappa shape index (κ3) is 2.89. The molecule has 21 heavy (non-hydrogen) atoms. The van der Waals surface area contributed by atoms with Crippen molar-refractivity contribution in [1.82, 2.24) is 4.90 Å². The van der Waals surface area contributed by atoms with Gasteiger partial charge in [0.15, 0.2) is 5.11 Å². The van der Waals surface area contributed by atoms with Gasteiger partial charge >= 0.3 is 0 Å². The Morgan fingerprint density at radius 3 is 3.10 bits per heavy atom. The van der Waals surface area contributed by atoms with Crippen molar-refractivity contribution in [2.24, 2.45) is 0 Å². The number of nitrogens with one attached hydrogen (secondary N) is 1. The van der Waals surface area contributed by atoms with Gasteiger partial charge in [0.05, 0.1) is 13.2 Å².